The number of anilines is 1. The van der Waals surface area contributed by atoms with Crippen molar-refractivity contribution in [2.45, 2.75) is 25.8 Å². The molecule has 27 heavy (non-hydrogen) atoms. The Morgan fingerprint density at radius 2 is 1.89 bits per heavy atom. The molecule has 1 aliphatic rings. The van der Waals surface area contributed by atoms with E-state index in [1.165, 1.54) is 17.4 Å². The van der Waals surface area contributed by atoms with Crippen molar-refractivity contribution in [3.8, 4) is 0 Å². The largest absolute Gasteiger partial charge is 0.349 e. The zero-order valence-electron chi connectivity index (χ0n) is 14.9. The first-order valence-corrected chi connectivity index (χ1v) is 9.57. The SMILES string of the molecule is Cc1ccc(C(=O)NC2CCN(CC(=O)Nc3ccc(F)c(F)c3)CC2)s1. The lowest BCUT2D eigenvalue weighted by atomic mass is 10.0. The lowest BCUT2D eigenvalue weighted by molar-refractivity contribution is -0.117. The number of nitrogens with one attached hydrogen (secondary N) is 2. The number of halogens is 2. The first kappa shape index (κ1) is 19.4. The lowest BCUT2D eigenvalue weighted by Gasteiger charge is -2.31. The van der Waals surface area contributed by atoms with Gasteiger partial charge in [0.15, 0.2) is 11.6 Å². The van der Waals surface area contributed by atoms with Crippen molar-refractivity contribution in [2.75, 3.05) is 25.0 Å². The minimum atomic E-state index is -0.995. The topological polar surface area (TPSA) is 61.4 Å². The maximum absolute atomic E-state index is 13.2. The molecule has 1 aromatic heterocycles. The Morgan fingerprint density at radius 3 is 2.52 bits per heavy atom. The van der Waals surface area contributed by atoms with Gasteiger partial charge in [0.1, 0.15) is 0 Å². The van der Waals surface area contributed by atoms with Crippen LogP contribution in [0.5, 0.6) is 0 Å². The molecule has 0 unspecified atom stereocenters. The fraction of sp³-hybridized carbons (Fsp3) is 0.368. The Hall–Kier alpha value is -2.32. The van der Waals surface area contributed by atoms with Crippen molar-refractivity contribution < 1.29 is 18.4 Å². The zero-order valence-corrected chi connectivity index (χ0v) is 15.7. The Balaban J connectivity index is 1.43. The summed E-state index contributed by atoms with van der Waals surface area (Å²) in [7, 11) is 0. The quantitative estimate of drug-likeness (QED) is 0.820. The Bertz CT molecular complexity index is 832. The number of carbonyl (C=O) groups is 2. The Morgan fingerprint density at radius 1 is 1.15 bits per heavy atom. The van der Waals surface area contributed by atoms with E-state index in [-0.39, 0.29) is 30.1 Å². The van der Waals surface area contributed by atoms with Gasteiger partial charge in [-0.3, -0.25) is 14.5 Å². The molecule has 1 fully saturated rings. The van der Waals surface area contributed by atoms with Crippen LogP contribution in [0.4, 0.5) is 14.5 Å². The van der Waals surface area contributed by atoms with Gasteiger partial charge in [-0.05, 0) is 44.0 Å². The molecule has 2 amide bonds. The highest BCUT2D eigenvalue weighted by atomic mass is 32.1. The van der Waals surface area contributed by atoms with Gasteiger partial charge in [-0.25, -0.2) is 8.78 Å². The highest BCUT2D eigenvalue weighted by Crippen LogP contribution is 2.17. The molecular weight excluding hydrogens is 372 g/mol. The van der Waals surface area contributed by atoms with Crippen molar-refractivity contribution in [3.63, 3.8) is 0 Å². The zero-order chi connectivity index (χ0) is 19.4. The van der Waals surface area contributed by atoms with E-state index >= 15 is 0 Å². The second-order valence-electron chi connectivity index (χ2n) is 6.61. The molecule has 2 aromatic rings. The van der Waals surface area contributed by atoms with Crippen molar-refractivity contribution in [1.82, 2.24) is 10.2 Å². The van der Waals surface area contributed by atoms with Crippen LogP contribution in [0.2, 0.25) is 0 Å². The molecule has 0 spiro atoms. The fourth-order valence-corrected chi connectivity index (χ4v) is 3.80. The smallest absolute Gasteiger partial charge is 0.261 e. The first-order chi connectivity index (χ1) is 12.9. The molecule has 1 aliphatic heterocycles. The van der Waals surface area contributed by atoms with Crippen molar-refractivity contribution in [2.24, 2.45) is 0 Å². The average molecular weight is 393 g/mol. The van der Waals surface area contributed by atoms with Gasteiger partial charge < -0.3 is 10.6 Å². The molecule has 2 N–H and O–H groups in total. The number of aryl methyl sites for hydroxylation is 1. The number of piperidine rings is 1. The van der Waals surface area contributed by atoms with Crippen molar-refractivity contribution in [1.29, 1.82) is 0 Å². The minimum Gasteiger partial charge on any atom is -0.349 e. The second-order valence-corrected chi connectivity index (χ2v) is 7.90. The molecule has 3 rings (SSSR count). The molecule has 144 valence electrons. The van der Waals surface area contributed by atoms with Crippen LogP contribution in [-0.2, 0) is 4.79 Å². The summed E-state index contributed by atoms with van der Waals surface area (Å²) in [6.45, 7) is 3.49. The Kier molecular flexibility index (Phi) is 6.18. The van der Waals surface area contributed by atoms with Gasteiger partial charge in [0.05, 0.1) is 11.4 Å². The molecule has 0 radical (unpaired) electrons. The maximum Gasteiger partial charge on any atom is 0.261 e. The van der Waals surface area contributed by atoms with Crippen molar-refractivity contribution in [3.05, 3.63) is 51.7 Å². The summed E-state index contributed by atoms with van der Waals surface area (Å²) in [6.07, 6.45) is 1.52. The predicted molar refractivity (Wildman–Crippen MR) is 101 cm³/mol. The van der Waals surface area contributed by atoms with E-state index in [9.17, 15) is 18.4 Å². The third-order valence-corrected chi connectivity index (χ3v) is 5.46. The van der Waals surface area contributed by atoms with E-state index in [1.807, 2.05) is 24.0 Å². The minimum absolute atomic E-state index is 0.0531. The fourth-order valence-electron chi connectivity index (χ4n) is 3.03. The summed E-state index contributed by atoms with van der Waals surface area (Å²) in [5.74, 6) is -2.28. The number of rotatable bonds is 5. The summed E-state index contributed by atoms with van der Waals surface area (Å²) >= 11 is 1.47. The van der Waals surface area contributed by atoms with Crippen molar-refractivity contribution >= 4 is 28.8 Å². The van der Waals surface area contributed by atoms with Gasteiger partial charge in [0, 0.05) is 35.8 Å². The van der Waals surface area contributed by atoms with Crippen LogP contribution in [0, 0.1) is 18.6 Å². The molecule has 1 saturated heterocycles. The third-order valence-electron chi connectivity index (χ3n) is 4.46. The highest BCUT2D eigenvalue weighted by molar-refractivity contribution is 7.13. The molecule has 0 atom stereocenters. The molecule has 5 nitrogen and oxygen atoms in total. The Labute approximate surface area is 160 Å². The first-order valence-electron chi connectivity index (χ1n) is 8.75. The third kappa shape index (κ3) is 5.33. The van der Waals surface area contributed by atoms with E-state index in [1.54, 1.807) is 0 Å². The normalized spacial score (nSPS) is 15.5. The molecule has 8 heteroatoms. The van der Waals surface area contributed by atoms with Gasteiger partial charge in [-0.1, -0.05) is 0 Å². The van der Waals surface area contributed by atoms with Gasteiger partial charge in [0.25, 0.3) is 5.91 Å². The van der Waals surface area contributed by atoms with E-state index in [4.69, 9.17) is 0 Å². The van der Waals surface area contributed by atoms with Crippen LogP contribution in [0.3, 0.4) is 0 Å². The summed E-state index contributed by atoms with van der Waals surface area (Å²) in [6, 6.07) is 7.10. The number of nitrogens with zero attached hydrogens (tertiary/aromatic N) is 1. The van der Waals surface area contributed by atoms with Crippen LogP contribution < -0.4 is 10.6 Å². The molecule has 2 heterocycles. The summed E-state index contributed by atoms with van der Waals surface area (Å²) in [4.78, 5) is 28.1. The number of benzene rings is 1. The summed E-state index contributed by atoms with van der Waals surface area (Å²) in [5.41, 5.74) is 0.229. The molecule has 1 aromatic carbocycles. The van der Waals surface area contributed by atoms with Crippen LogP contribution >= 0.6 is 11.3 Å². The number of carbonyl (C=O) groups excluding carboxylic acids is 2. The van der Waals surface area contributed by atoms with Gasteiger partial charge in [-0.15, -0.1) is 11.3 Å². The average Bonchev–Trinajstić information content (AvgIpc) is 3.06. The highest BCUT2D eigenvalue weighted by Gasteiger charge is 2.23. The second kappa shape index (κ2) is 8.58. The number of amides is 2. The van der Waals surface area contributed by atoms with Gasteiger partial charge in [-0.2, -0.15) is 0 Å². The van der Waals surface area contributed by atoms with Crippen LogP contribution in [0.25, 0.3) is 0 Å². The van der Waals surface area contributed by atoms with Crippen LogP contribution in [0.1, 0.15) is 27.4 Å². The summed E-state index contributed by atoms with van der Waals surface area (Å²) in [5, 5.41) is 5.61. The van der Waals surface area contributed by atoms with Gasteiger partial charge in [0.2, 0.25) is 5.91 Å². The summed E-state index contributed by atoms with van der Waals surface area (Å²) < 4.78 is 26.1. The number of thiophene rings is 1. The molecule has 0 aliphatic carbocycles. The maximum atomic E-state index is 13.2. The van der Waals surface area contributed by atoms with E-state index in [0.717, 1.165) is 29.9 Å². The van der Waals surface area contributed by atoms with Crippen LogP contribution in [0.15, 0.2) is 30.3 Å². The van der Waals surface area contributed by atoms with E-state index in [0.29, 0.717) is 18.0 Å². The number of hydrogen-bond donors (Lipinski definition) is 2. The van der Waals surface area contributed by atoms with E-state index in [2.05, 4.69) is 10.6 Å². The van der Waals surface area contributed by atoms with E-state index < -0.39 is 11.6 Å². The molecular formula is C19H21F2N3O2S. The molecule has 0 saturated carbocycles. The number of hydrogen-bond acceptors (Lipinski definition) is 4. The monoisotopic (exact) mass is 393 g/mol. The number of likely N-dealkylation sites (tertiary alicyclic amines) is 1. The van der Waals surface area contributed by atoms with Gasteiger partial charge >= 0.3 is 0 Å². The molecule has 0 bridgehead atoms. The lowest BCUT2D eigenvalue weighted by Crippen LogP contribution is -2.46. The van der Waals surface area contributed by atoms with Crippen LogP contribution in [-0.4, -0.2) is 42.4 Å². The predicted octanol–water partition coefficient (Wildman–Crippen LogP) is 3.17. The standard InChI is InChI=1S/C19H21F2N3O2S/c1-12-2-5-17(27-12)19(26)23-13-6-8-24(9-7-13)11-18(25)22-14-3-4-15(20)16(21)10-14/h2-5,10,13H,6-9,11H2,1H3,(H,22,25)(H,23,26).